The molecule has 160 valence electrons. The molecule has 0 aliphatic carbocycles. The van der Waals surface area contributed by atoms with Gasteiger partial charge in [0, 0.05) is 47.3 Å². The summed E-state index contributed by atoms with van der Waals surface area (Å²) in [4.78, 5) is 23.4. The molecule has 6 nitrogen and oxygen atoms in total. The summed E-state index contributed by atoms with van der Waals surface area (Å²) in [5, 5.41) is 6.74. The molecule has 2 N–H and O–H groups in total. The van der Waals surface area contributed by atoms with Gasteiger partial charge < -0.3 is 15.5 Å². The molecule has 0 radical (unpaired) electrons. The van der Waals surface area contributed by atoms with E-state index in [2.05, 4.69) is 39.3 Å². The van der Waals surface area contributed by atoms with E-state index in [-0.39, 0.29) is 5.91 Å². The zero-order valence-corrected chi connectivity index (χ0v) is 18.6. The van der Waals surface area contributed by atoms with Gasteiger partial charge in [0.2, 0.25) is 11.9 Å². The van der Waals surface area contributed by atoms with E-state index in [9.17, 15) is 4.79 Å². The van der Waals surface area contributed by atoms with Crippen molar-refractivity contribution in [2.45, 2.75) is 20.8 Å². The molecular formula is C24H26ClN5O. The SMILES string of the molecule is CCN(CC)c1cc(C)nc(Nc2ccc(NC(=O)/C=C/c3ccc(Cl)cc3)cc2)n1. The summed E-state index contributed by atoms with van der Waals surface area (Å²) in [5.74, 6) is 1.24. The molecule has 1 amide bonds. The number of nitrogens with zero attached hydrogens (tertiary/aromatic N) is 3. The lowest BCUT2D eigenvalue weighted by atomic mass is 10.2. The topological polar surface area (TPSA) is 70.2 Å². The first-order valence-corrected chi connectivity index (χ1v) is 10.6. The van der Waals surface area contributed by atoms with Crippen LogP contribution in [0.15, 0.2) is 60.7 Å². The number of carbonyl (C=O) groups is 1. The number of aryl methyl sites for hydroxylation is 1. The Balaban J connectivity index is 1.62. The van der Waals surface area contributed by atoms with Gasteiger partial charge in [-0.25, -0.2) is 4.98 Å². The fourth-order valence-corrected chi connectivity index (χ4v) is 3.14. The van der Waals surface area contributed by atoms with E-state index in [1.165, 1.54) is 6.08 Å². The number of aromatic nitrogens is 2. The molecule has 0 saturated carbocycles. The second kappa shape index (κ2) is 10.6. The van der Waals surface area contributed by atoms with E-state index in [0.717, 1.165) is 35.9 Å². The standard InChI is InChI=1S/C24H26ClN5O/c1-4-30(5-2)22-16-17(3)26-24(29-22)28-21-13-11-20(12-14-21)27-23(31)15-8-18-6-9-19(25)10-7-18/h6-16H,4-5H2,1-3H3,(H,27,31)(H,26,28,29)/b15-8+. The third kappa shape index (κ3) is 6.55. The highest BCUT2D eigenvalue weighted by Crippen LogP contribution is 2.20. The highest BCUT2D eigenvalue weighted by Gasteiger charge is 2.08. The van der Waals surface area contributed by atoms with Crippen LogP contribution in [0.2, 0.25) is 5.02 Å². The van der Waals surface area contributed by atoms with E-state index >= 15 is 0 Å². The molecule has 0 aliphatic rings. The number of hydrogen-bond acceptors (Lipinski definition) is 5. The molecule has 0 spiro atoms. The van der Waals surface area contributed by atoms with Gasteiger partial charge in [-0.2, -0.15) is 4.98 Å². The summed E-state index contributed by atoms with van der Waals surface area (Å²) in [6, 6.07) is 16.7. The number of carbonyl (C=O) groups excluding carboxylic acids is 1. The van der Waals surface area contributed by atoms with Crippen molar-refractivity contribution in [2.75, 3.05) is 28.6 Å². The van der Waals surface area contributed by atoms with Crippen molar-refractivity contribution in [3.05, 3.63) is 77.0 Å². The third-order valence-corrected chi connectivity index (χ3v) is 4.89. The van der Waals surface area contributed by atoms with Crippen molar-refractivity contribution < 1.29 is 4.79 Å². The van der Waals surface area contributed by atoms with Crippen molar-refractivity contribution >= 4 is 46.7 Å². The predicted octanol–water partition coefficient (Wildman–Crippen LogP) is 5.68. The second-order valence-electron chi connectivity index (χ2n) is 6.94. The summed E-state index contributed by atoms with van der Waals surface area (Å²) in [6.45, 7) is 7.92. The molecule has 0 fully saturated rings. The highest BCUT2D eigenvalue weighted by atomic mass is 35.5. The summed E-state index contributed by atoms with van der Waals surface area (Å²) < 4.78 is 0. The minimum absolute atomic E-state index is 0.207. The second-order valence-corrected chi connectivity index (χ2v) is 7.38. The lowest BCUT2D eigenvalue weighted by molar-refractivity contribution is -0.111. The van der Waals surface area contributed by atoms with Crippen LogP contribution in [0.4, 0.5) is 23.1 Å². The average molecular weight is 436 g/mol. The van der Waals surface area contributed by atoms with Gasteiger partial charge in [-0.3, -0.25) is 4.79 Å². The van der Waals surface area contributed by atoms with E-state index in [1.54, 1.807) is 18.2 Å². The number of rotatable bonds is 8. The van der Waals surface area contributed by atoms with Crippen LogP contribution in [0.25, 0.3) is 6.08 Å². The Morgan fingerprint density at radius 3 is 2.29 bits per heavy atom. The summed E-state index contributed by atoms with van der Waals surface area (Å²) in [6.07, 6.45) is 3.23. The van der Waals surface area contributed by atoms with Gasteiger partial charge in [0.1, 0.15) is 5.82 Å². The maximum Gasteiger partial charge on any atom is 0.248 e. The van der Waals surface area contributed by atoms with E-state index < -0.39 is 0 Å². The monoisotopic (exact) mass is 435 g/mol. The van der Waals surface area contributed by atoms with Gasteiger partial charge in [-0.15, -0.1) is 0 Å². The van der Waals surface area contributed by atoms with E-state index in [0.29, 0.717) is 16.7 Å². The zero-order chi connectivity index (χ0) is 22.2. The Labute approximate surface area is 188 Å². The lowest BCUT2D eigenvalue weighted by Crippen LogP contribution is -2.23. The molecule has 0 saturated heterocycles. The number of hydrogen-bond donors (Lipinski definition) is 2. The minimum Gasteiger partial charge on any atom is -0.357 e. The van der Waals surface area contributed by atoms with Crippen LogP contribution >= 0.6 is 11.6 Å². The van der Waals surface area contributed by atoms with Crippen LogP contribution in [0, 0.1) is 6.92 Å². The Morgan fingerprint density at radius 1 is 1.00 bits per heavy atom. The first-order chi connectivity index (χ1) is 15.0. The molecule has 3 rings (SSSR count). The van der Waals surface area contributed by atoms with Crippen LogP contribution < -0.4 is 15.5 Å². The fraction of sp³-hybridized carbons (Fsp3) is 0.208. The Bertz CT molecular complexity index is 1040. The highest BCUT2D eigenvalue weighted by molar-refractivity contribution is 6.30. The molecule has 0 unspecified atom stereocenters. The van der Waals surface area contributed by atoms with Gasteiger partial charge in [-0.1, -0.05) is 23.7 Å². The average Bonchev–Trinajstić information content (AvgIpc) is 2.75. The molecule has 0 aliphatic heterocycles. The van der Waals surface area contributed by atoms with Crippen molar-refractivity contribution in [1.82, 2.24) is 9.97 Å². The Kier molecular flexibility index (Phi) is 7.62. The van der Waals surface area contributed by atoms with Crippen LogP contribution in [0.1, 0.15) is 25.1 Å². The van der Waals surface area contributed by atoms with Crippen LogP contribution in [-0.2, 0) is 4.79 Å². The molecule has 7 heteroatoms. The number of amides is 1. The number of halogens is 1. The number of nitrogens with one attached hydrogen (secondary N) is 2. The maximum atomic E-state index is 12.2. The van der Waals surface area contributed by atoms with Gasteiger partial charge in [0.25, 0.3) is 0 Å². The van der Waals surface area contributed by atoms with Crippen molar-refractivity contribution in [1.29, 1.82) is 0 Å². The van der Waals surface area contributed by atoms with Crippen LogP contribution in [-0.4, -0.2) is 29.0 Å². The smallest absolute Gasteiger partial charge is 0.248 e. The largest absolute Gasteiger partial charge is 0.357 e. The number of benzene rings is 2. The summed E-state index contributed by atoms with van der Waals surface area (Å²) >= 11 is 5.87. The molecule has 31 heavy (non-hydrogen) atoms. The van der Waals surface area contributed by atoms with Gasteiger partial charge in [0.05, 0.1) is 0 Å². The third-order valence-electron chi connectivity index (χ3n) is 4.63. The van der Waals surface area contributed by atoms with Crippen LogP contribution in [0.5, 0.6) is 0 Å². The molecule has 1 aromatic heterocycles. The Morgan fingerprint density at radius 2 is 1.65 bits per heavy atom. The van der Waals surface area contributed by atoms with Crippen molar-refractivity contribution in [3.63, 3.8) is 0 Å². The zero-order valence-electron chi connectivity index (χ0n) is 17.9. The Hall–Kier alpha value is -3.38. The van der Waals surface area contributed by atoms with E-state index in [4.69, 9.17) is 11.6 Å². The van der Waals surface area contributed by atoms with Crippen molar-refractivity contribution in [3.8, 4) is 0 Å². The molecular weight excluding hydrogens is 410 g/mol. The molecule has 2 aromatic carbocycles. The van der Waals surface area contributed by atoms with Crippen molar-refractivity contribution in [2.24, 2.45) is 0 Å². The summed E-state index contributed by atoms with van der Waals surface area (Å²) in [5.41, 5.74) is 3.34. The van der Waals surface area contributed by atoms with Gasteiger partial charge in [-0.05, 0) is 68.8 Å². The van der Waals surface area contributed by atoms with Gasteiger partial charge in [0.15, 0.2) is 0 Å². The molecule has 1 heterocycles. The van der Waals surface area contributed by atoms with E-state index in [1.807, 2.05) is 49.4 Å². The molecule has 0 bridgehead atoms. The summed E-state index contributed by atoms with van der Waals surface area (Å²) in [7, 11) is 0. The first-order valence-electron chi connectivity index (χ1n) is 10.2. The maximum absolute atomic E-state index is 12.2. The molecule has 3 aromatic rings. The molecule has 0 atom stereocenters. The normalized spacial score (nSPS) is 10.8. The lowest BCUT2D eigenvalue weighted by Gasteiger charge is -2.20. The number of anilines is 4. The van der Waals surface area contributed by atoms with Crippen LogP contribution in [0.3, 0.4) is 0 Å². The van der Waals surface area contributed by atoms with Gasteiger partial charge >= 0.3 is 0 Å². The first kappa shape index (κ1) is 22.3. The quantitative estimate of drug-likeness (QED) is 0.445. The fourth-order valence-electron chi connectivity index (χ4n) is 3.01. The minimum atomic E-state index is -0.207. The predicted molar refractivity (Wildman–Crippen MR) is 129 cm³/mol.